The molecule has 0 saturated heterocycles. The van der Waals surface area contributed by atoms with Crippen LogP contribution in [0.3, 0.4) is 0 Å². The van der Waals surface area contributed by atoms with Gasteiger partial charge < -0.3 is 14.2 Å². The van der Waals surface area contributed by atoms with Crippen molar-refractivity contribution in [3.8, 4) is 11.3 Å². The van der Waals surface area contributed by atoms with E-state index in [1.165, 1.54) is 17.6 Å². The highest BCUT2D eigenvalue weighted by Gasteiger charge is 2.14. The lowest BCUT2D eigenvalue weighted by Crippen LogP contribution is -2.17. The average Bonchev–Trinajstić information content (AvgIpc) is 3.27. The van der Waals surface area contributed by atoms with E-state index in [-0.39, 0.29) is 11.7 Å². The highest BCUT2D eigenvalue weighted by atomic mass is 35.5. The van der Waals surface area contributed by atoms with Crippen molar-refractivity contribution >= 4 is 46.4 Å². The van der Waals surface area contributed by atoms with Crippen LogP contribution in [0, 0.1) is 0 Å². The molecular formula is C23H22ClN3O5S. The van der Waals surface area contributed by atoms with Crippen molar-refractivity contribution in [1.82, 2.24) is 4.98 Å². The number of carbonyl (C=O) groups excluding carboxylic acids is 2. The molecule has 0 aliphatic heterocycles. The monoisotopic (exact) mass is 487 g/mol. The van der Waals surface area contributed by atoms with Crippen LogP contribution in [0.2, 0.25) is 5.02 Å². The van der Waals surface area contributed by atoms with E-state index >= 15 is 0 Å². The molecule has 0 atom stereocenters. The molecule has 0 saturated carbocycles. The van der Waals surface area contributed by atoms with Crippen LogP contribution >= 0.6 is 22.9 Å². The van der Waals surface area contributed by atoms with Gasteiger partial charge in [0.2, 0.25) is 11.9 Å². The van der Waals surface area contributed by atoms with Crippen LogP contribution in [0.25, 0.3) is 11.3 Å². The van der Waals surface area contributed by atoms with Crippen LogP contribution in [0.15, 0.2) is 59.0 Å². The van der Waals surface area contributed by atoms with Crippen molar-refractivity contribution in [1.29, 1.82) is 0 Å². The van der Waals surface area contributed by atoms with Gasteiger partial charge in [0.25, 0.3) is 0 Å². The van der Waals surface area contributed by atoms with Crippen LogP contribution in [0.4, 0.5) is 9.93 Å². The van der Waals surface area contributed by atoms with E-state index < -0.39 is 18.9 Å². The predicted molar refractivity (Wildman–Crippen MR) is 128 cm³/mol. The molecule has 172 valence electrons. The third-order valence-corrected chi connectivity index (χ3v) is 5.41. The minimum atomic E-state index is -0.908. The molecule has 8 nitrogen and oxygen atoms in total. The van der Waals surface area contributed by atoms with Gasteiger partial charge in [-0.25, -0.2) is 19.6 Å². The number of rotatable bonds is 8. The molecule has 0 radical (unpaired) electrons. The molecule has 0 unspecified atom stereocenters. The maximum Gasteiger partial charge on any atom is 0.511 e. The van der Waals surface area contributed by atoms with Crippen molar-refractivity contribution in [3.63, 3.8) is 0 Å². The van der Waals surface area contributed by atoms with Gasteiger partial charge in [-0.2, -0.15) is 5.10 Å². The zero-order chi connectivity index (χ0) is 23.8. The van der Waals surface area contributed by atoms with Gasteiger partial charge in [0.1, 0.15) is 0 Å². The van der Waals surface area contributed by atoms with E-state index in [2.05, 4.69) is 10.1 Å². The summed E-state index contributed by atoms with van der Waals surface area (Å²) >= 11 is 7.67. The molecule has 10 heteroatoms. The Balaban J connectivity index is 1.65. The van der Waals surface area contributed by atoms with Crippen molar-refractivity contribution < 1.29 is 23.8 Å². The average molecular weight is 488 g/mol. The number of ether oxygens (including phenoxy) is 3. The second-order valence-electron chi connectivity index (χ2n) is 6.96. The van der Waals surface area contributed by atoms with Gasteiger partial charge in [-0.15, -0.1) is 11.3 Å². The Hall–Kier alpha value is -3.43. The quantitative estimate of drug-likeness (QED) is 0.176. The molecular weight excluding hydrogens is 466 g/mol. The summed E-state index contributed by atoms with van der Waals surface area (Å²) in [4.78, 5) is 28.4. The smallest absolute Gasteiger partial charge is 0.431 e. The molecule has 1 heterocycles. The first-order chi connectivity index (χ1) is 15.8. The van der Waals surface area contributed by atoms with E-state index in [0.29, 0.717) is 15.7 Å². The fraction of sp³-hybridized carbons (Fsp3) is 0.217. The largest absolute Gasteiger partial charge is 0.511 e. The van der Waals surface area contributed by atoms with Crippen molar-refractivity contribution in [3.05, 3.63) is 70.1 Å². The Morgan fingerprint density at radius 1 is 1.15 bits per heavy atom. The zero-order valence-electron chi connectivity index (χ0n) is 18.2. The zero-order valence-corrected chi connectivity index (χ0v) is 19.8. The first-order valence-electron chi connectivity index (χ1n) is 9.93. The number of aromatic nitrogens is 1. The summed E-state index contributed by atoms with van der Waals surface area (Å²) in [5.41, 5.74) is 2.39. The first kappa shape index (κ1) is 24.2. The normalized spacial score (nSPS) is 10.9. The number of esters is 1. The highest BCUT2D eigenvalue weighted by molar-refractivity contribution is 7.14. The number of carbonyl (C=O) groups is 2. The van der Waals surface area contributed by atoms with E-state index in [1.54, 1.807) is 50.2 Å². The van der Waals surface area contributed by atoms with Gasteiger partial charge in [0, 0.05) is 28.6 Å². The molecule has 0 bridgehead atoms. The van der Waals surface area contributed by atoms with Gasteiger partial charge in [-0.05, 0) is 26.0 Å². The van der Waals surface area contributed by atoms with E-state index in [4.69, 9.17) is 25.8 Å². The number of thiazole rings is 1. The molecule has 0 fully saturated rings. The number of hydrazone groups is 1. The maximum atomic E-state index is 12.4. The Kier molecular flexibility index (Phi) is 8.39. The van der Waals surface area contributed by atoms with Gasteiger partial charge >= 0.3 is 12.1 Å². The van der Waals surface area contributed by atoms with E-state index in [9.17, 15) is 9.59 Å². The number of benzene rings is 2. The highest BCUT2D eigenvalue weighted by Crippen LogP contribution is 2.31. The van der Waals surface area contributed by atoms with Crippen molar-refractivity contribution in [2.45, 2.75) is 20.0 Å². The minimum Gasteiger partial charge on any atom is -0.431 e. The number of hydrogen-bond donors (Lipinski definition) is 0. The van der Waals surface area contributed by atoms with Gasteiger partial charge in [-0.1, -0.05) is 48.0 Å². The second kappa shape index (κ2) is 11.4. The molecule has 33 heavy (non-hydrogen) atoms. The Morgan fingerprint density at radius 2 is 1.88 bits per heavy atom. The van der Waals surface area contributed by atoms with Gasteiger partial charge in [-0.3, -0.25) is 0 Å². The topological polar surface area (TPSA) is 90.3 Å². The summed E-state index contributed by atoms with van der Waals surface area (Å²) in [6, 6.07) is 14.3. The number of hydrogen-bond acceptors (Lipinski definition) is 9. The Labute approximate surface area is 200 Å². The molecule has 3 aromatic rings. The molecule has 2 aromatic carbocycles. The van der Waals surface area contributed by atoms with Crippen LogP contribution in [-0.2, 0) is 14.2 Å². The summed E-state index contributed by atoms with van der Waals surface area (Å²) in [6.45, 7) is 2.81. The SMILES string of the molecule is CC(C)OC(=O)OCOC(=O)c1ccccc1/C=N/N(C)c1nc(-c2ccccc2Cl)cs1. The maximum absolute atomic E-state index is 12.4. The lowest BCUT2D eigenvalue weighted by molar-refractivity contribution is -0.0344. The predicted octanol–water partition coefficient (Wildman–Crippen LogP) is 5.61. The summed E-state index contributed by atoms with van der Waals surface area (Å²) < 4.78 is 14.6. The fourth-order valence-electron chi connectivity index (χ4n) is 2.63. The standard InChI is InChI=1S/C23H22ClN3O5S/c1-15(2)32-23(29)31-14-30-21(28)17-9-5-4-8-16(17)12-25-27(3)22-26-20(13-33-22)18-10-6-7-11-19(18)24/h4-13,15H,14H2,1-3H3/b25-12+. The molecule has 0 spiro atoms. The van der Waals surface area contributed by atoms with Crippen molar-refractivity contribution in [2.24, 2.45) is 5.10 Å². The van der Waals surface area contributed by atoms with Crippen molar-refractivity contribution in [2.75, 3.05) is 18.8 Å². The molecule has 0 aliphatic rings. The number of nitrogens with zero attached hydrogens (tertiary/aromatic N) is 3. The van der Waals surface area contributed by atoms with Crippen LogP contribution in [0.1, 0.15) is 29.8 Å². The molecule has 1 aromatic heterocycles. The molecule has 0 N–H and O–H groups in total. The van der Waals surface area contributed by atoms with Crippen LogP contribution < -0.4 is 5.01 Å². The lowest BCUT2D eigenvalue weighted by Gasteiger charge is -2.11. The van der Waals surface area contributed by atoms with Gasteiger partial charge in [0.05, 0.1) is 23.6 Å². The van der Waals surface area contributed by atoms with Gasteiger partial charge in [0.15, 0.2) is 0 Å². The van der Waals surface area contributed by atoms with E-state index in [0.717, 1.165) is 11.3 Å². The van der Waals surface area contributed by atoms with Crippen LogP contribution in [-0.4, -0.2) is 43.3 Å². The summed E-state index contributed by atoms with van der Waals surface area (Å²) in [5, 5.41) is 9.16. The second-order valence-corrected chi connectivity index (χ2v) is 8.20. The Morgan fingerprint density at radius 3 is 2.64 bits per heavy atom. The molecule has 3 rings (SSSR count). The van der Waals surface area contributed by atoms with Crippen LogP contribution in [0.5, 0.6) is 0 Å². The Bertz CT molecular complexity index is 1150. The number of halogens is 1. The minimum absolute atomic E-state index is 0.270. The summed E-state index contributed by atoms with van der Waals surface area (Å²) in [6.07, 6.45) is 0.288. The lowest BCUT2D eigenvalue weighted by atomic mass is 10.1. The summed E-state index contributed by atoms with van der Waals surface area (Å²) in [5.74, 6) is -0.660. The number of anilines is 1. The first-order valence-corrected chi connectivity index (χ1v) is 11.2. The van der Waals surface area contributed by atoms with E-state index in [1.807, 2.05) is 29.6 Å². The molecule has 0 amide bonds. The summed E-state index contributed by atoms with van der Waals surface area (Å²) in [7, 11) is 1.75. The third kappa shape index (κ3) is 6.77. The third-order valence-electron chi connectivity index (χ3n) is 4.17. The molecule has 0 aliphatic carbocycles. The fourth-order valence-corrected chi connectivity index (χ4v) is 3.61.